The van der Waals surface area contributed by atoms with Gasteiger partial charge in [0, 0.05) is 41.6 Å². The zero-order valence-electron chi connectivity index (χ0n) is 14.2. The molecular formula is C19H19N5O. The Kier molecular flexibility index (Phi) is 4.99. The van der Waals surface area contributed by atoms with Crippen LogP contribution in [0.15, 0.2) is 54.9 Å². The van der Waals surface area contributed by atoms with Gasteiger partial charge in [-0.2, -0.15) is 0 Å². The summed E-state index contributed by atoms with van der Waals surface area (Å²) in [6, 6.07) is 12.9. The van der Waals surface area contributed by atoms with Crippen molar-refractivity contribution >= 4 is 17.5 Å². The summed E-state index contributed by atoms with van der Waals surface area (Å²) in [7, 11) is 0. The van der Waals surface area contributed by atoms with E-state index >= 15 is 0 Å². The van der Waals surface area contributed by atoms with E-state index in [-0.39, 0.29) is 5.91 Å². The molecule has 3 rings (SSSR count). The summed E-state index contributed by atoms with van der Waals surface area (Å²) in [5.74, 6) is 0.374. The molecule has 0 saturated carbocycles. The quantitative estimate of drug-likeness (QED) is 0.750. The second-order valence-electron chi connectivity index (χ2n) is 5.72. The number of benzene rings is 1. The van der Waals surface area contributed by atoms with Crippen LogP contribution in [0.1, 0.15) is 27.3 Å². The highest BCUT2D eigenvalue weighted by atomic mass is 16.1. The molecule has 0 aliphatic heterocycles. The number of pyridine rings is 1. The van der Waals surface area contributed by atoms with Gasteiger partial charge in [-0.25, -0.2) is 9.97 Å². The molecule has 0 radical (unpaired) electrons. The van der Waals surface area contributed by atoms with Crippen molar-refractivity contribution < 1.29 is 4.79 Å². The summed E-state index contributed by atoms with van der Waals surface area (Å²) in [4.78, 5) is 25.1. The van der Waals surface area contributed by atoms with E-state index in [2.05, 4.69) is 25.6 Å². The normalized spacial score (nSPS) is 10.3. The molecule has 1 amide bonds. The third-order valence-corrected chi connectivity index (χ3v) is 3.54. The topological polar surface area (TPSA) is 79.8 Å². The van der Waals surface area contributed by atoms with Crippen LogP contribution >= 0.6 is 0 Å². The molecule has 2 heterocycles. The van der Waals surface area contributed by atoms with E-state index in [4.69, 9.17) is 0 Å². The second-order valence-corrected chi connectivity index (χ2v) is 5.72. The van der Waals surface area contributed by atoms with Crippen molar-refractivity contribution in [2.24, 2.45) is 0 Å². The fraction of sp³-hybridized carbons (Fsp3) is 0.158. The second kappa shape index (κ2) is 7.53. The van der Waals surface area contributed by atoms with Crippen molar-refractivity contribution in [3.8, 4) is 0 Å². The summed E-state index contributed by atoms with van der Waals surface area (Å²) in [5, 5.41) is 6.03. The lowest BCUT2D eigenvalue weighted by atomic mass is 10.2. The van der Waals surface area contributed by atoms with Gasteiger partial charge >= 0.3 is 0 Å². The van der Waals surface area contributed by atoms with Crippen LogP contribution < -0.4 is 10.6 Å². The SMILES string of the molecule is Cc1cc(C)nc(Nc2cccc(C(=O)NCc3cccnc3)c2)n1. The molecule has 6 heteroatoms. The Labute approximate surface area is 146 Å². The Hall–Kier alpha value is -3.28. The molecule has 0 spiro atoms. The Morgan fingerprint density at radius 3 is 2.56 bits per heavy atom. The number of amides is 1. The number of nitrogens with one attached hydrogen (secondary N) is 2. The highest BCUT2D eigenvalue weighted by Crippen LogP contribution is 2.16. The smallest absolute Gasteiger partial charge is 0.251 e. The van der Waals surface area contributed by atoms with Gasteiger partial charge in [0.25, 0.3) is 5.91 Å². The molecule has 0 atom stereocenters. The maximum Gasteiger partial charge on any atom is 0.251 e. The molecule has 2 aromatic heterocycles. The van der Waals surface area contributed by atoms with Crippen LogP contribution in [0.25, 0.3) is 0 Å². The minimum atomic E-state index is -0.145. The highest BCUT2D eigenvalue weighted by molar-refractivity contribution is 5.95. The maximum absolute atomic E-state index is 12.3. The molecular weight excluding hydrogens is 314 g/mol. The number of hydrogen-bond donors (Lipinski definition) is 2. The van der Waals surface area contributed by atoms with E-state index in [0.29, 0.717) is 18.1 Å². The van der Waals surface area contributed by atoms with E-state index in [9.17, 15) is 4.79 Å². The van der Waals surface area contributed by atoms with Gasteiger partial charge in [-0.3, -0.25) is 9.78 Å². The van der Waals surface area contributed by atoms with E-state index in [0.717, 1.165) is 22.6 Å². The van der Waals surface area contributed by atoms with Crippen LogP contribution in [0.4, 0.5) is 11.6 Å². The van der Waals surface area contributed by atoms with Gasteiger partial charge in [-0.05, 0) is 49.7 Å². The van der Waals surface area contributed by atoms with Crippen molar-refractivity contribution in [2.45, 2.75) is 20.4 Å². The first-order valence-electron chi connectivity index (χ1n) is 7.96. The Balaban J connectivity index is 1.69. The molecule has 0 unspecified atom stereocenters. The third-order valence-electron chi connectivity index (χ3n) is 3.54. The number of aromatic nitrogens is 3. The molecule has 6 nitrogen and oxygen atoms in total. The minimum Gasteiger partial charge on any atom is -0.348 e. The van der Waals surface area contributed by atoms with Crippen molar-refractivity contribution in [3.05, 3.63) is 77.4 Å². The Bertz CT molecular complexity index is 860. The molecule has 0 bridgehead atoms. The van der Waals surface area contributed by atoms with Gasteiger partial charge in [0.05, 0.1) is 0 Å². The Morgan fingerprint density at radius 2 is 1.84 bits per heavy atom. The van der Waals surface area contributed by atoms with Gasteiger partial charge in [0.1, 0.15) is 0 Å². The summed E-state index contributed by atoms with van der Waals surface area (Å²) >= 11 is 0. The average molecular weight is 333 g/mol. The first kappa shape index (κ1) is 16.6. The molecule has 0 saturated heterocycles. The number of aryl methyl sites for hydroxylation is 2. The van der Waals surface area contributed by atoms with Gasteiger partial charge in [0.15, 0.2) is 0 Å². The average Bonchev–Trinajstić information content (AvgIpc) is 2.60. The maximum atomic E-state index is 12.3. The number of hydrogen-bond acceptors (Lipinski definition) is 5. The number of nitrogens with zero attached hydrogens (tertiary/aromatic N) is 3. The van der Waals surface area contributed by atoms with Crippen LogP contribution in [0.3, 0.4) is 0 Å². The summed E-state index contributed by atoms with van der Waals surface area (Å²) in [6.07, 6.45) is 3.44. The molecule has 3 aromatic rings. The number of carbonyl (C=O) groups is 1. The first-order chi connectivity index (χ1) is 12.1. The lowest BCUT2D eigenvalue weighted by molar-refractivity contribution is 0.0951. The lowest BCUT2D eigenvalue weighted by Gasteiger charge is -2.09. The van der Waals surface area contributed by atoms with Gasteiger partial charge in [0.2, 0.25) is 5.95 Å². The third kappa shape index (κ3) is 4.60. The van der Waals surface area contributed by atoms with E-state index in [1.807, 2.05) is 44.2 Å². The molecule has 0 fully saturated rings. The van der Waals surface area contributed by atoms with Crippen LogP contribution in [0, 0.1) is 13.8 Å². The van der Waals surface area contributed by atoms with Gasteiger partial charge in [-0.1, -0.05) is 12.1 Å². The summed E-state index contributed by atoms with van der Waals surface area (Å²) in [5.41, 5.74) is 4.06. The standard InChI is InChI=1S/C19H19N5O/c1-13-9-14(2)23-19(22-13)24-17-7-3-6-16(10-17)18(25)21-12-15-5-4-8-20-11-15/h3-11H,12H2,1-2H3,(H,21,25)(H,22,23,24). The molecule has 25 heavy (non-hydrogen) atoms. The van der Waals surface area contributed by atoms with E-state index < -0.39 is 0 Å². The zero-order valence-corrected chi connectivity index (χ0v) is 14.2. The predicted molar refractivity (Wildman–Crippen MR) is 96.6 cm³/mol. The predicted octanol–water partition coefficient (Wildman–Crippen LogP) is 3.16. The van der Waals surface area contributed by atoms with E-state index in [1.54, 1.807) is 24.5 Å². The van der Waals surface area contributed by atoms with Crippen LogP contribution in [0.5, 0.6) is 0 Å². The molecule has 0 aliphatic rings. The number of rotatable bonds is 5. The number of anilines is 2. The fourth-order valence-corrected chi connectivity index (χ4v) is 2.44. The van der Waals surface area contributed by atoms with Crippen LogP contribution in [-0.2, 0) is 6.54 Å². The van der Waals surface area contributed by atoms with Crippen molar-refractivity contribution in [1.82, 2.24) is 20.3 Å². The Morgan fingerprint density at radius 1 is 1.04 bits per heavy atom. The van der Waals surface area contributed by atoms with Gasteiger partial charge in [-0.15, -0.1) is 0 Å². The molecule has 2 N–H and O–H groups in total. The van der Waals surface area contributed by atoms with Crippen molar-refractivity contribution in [1.29, 1.82) is 0 Å². The van der Waals surface area contributed by atoms with Crippen molar-refractivity contribution in [2.75, 3.05) is 5.32 Å². The highest BCUT2D eigenvalue weighted by Gasteiger charge is 2.07. The lowest BCUT2D eigenvalue weighted by Crippen LogP contribution is -2.22. The van der Waals surface area contributed by atoms with Crippen LogP contribution in [-0.4, -0.2) is 20.9 Å². The molecule has 0 aliphatic carbocycles. The fourth-order valence-electron chi connectivity index (χ4n) is 2.44. The number of carbonyl (C=O) groups excluding carboxylic acids is 1. The first-order valence-corrected chi connectivity index (χ1v) is 7.96. The van der Waals surface area contributed by atoms with Crippen LogP contribution in [0.2, 0.25) is 0 Å². The summed E-state index contributed by atoms with van der Waals surface area (Å²) in [6.45, 7) is 4.27. The molecule has 1 aromatic carbocycles. The van der Waals surface area contributed by atoms with Gasteiger partial charge < -0.3 is 10.6 Å². The molecule has 126 valence electrons. The minimum absolute atomic E-state index is 0.145. The summed E-state index contributed by atoms with van der Waals surface area (Å²) < 4.78 is 0. The largest absolute Gasteiger partial charge is 0.348 e. The zero-order chi connectivity index (χ0) is 17.6. The van der Waals surface area contributed by atoms with Crippen molar-refractivity contribution in [3.63, 3.8) is 0 Å². The van der Waals surface area contributed by atoms with E-state index in [1.165, 1.54) is 0 Å². The monoisotopic (exact) mass is 333 g/mol.